The van der Waals surface area contributed by atoms with Gasteiger partial charge in [-0.3, -0.25) is 4.79 Å². The third-order valence-electron chi connectivity index (χ3n) is 4.47. The second-order valence-corrected chi connectivity index (χ2v) is 10.7. The fraction of sp³-hybridized carbons (Fsp3) is 0.250. The molecule has 160 valence electrons. The number of benzene rings is 2. The first-order chi connectivity index (χ1) is 14.2. The molecule has 1 N–H and O–H groups in total. The number of anilines is 1. The third-order valence-corrected chi connectivity index (χ3v) is 7.51. The molecule has 0 unspecified atom stereocenters. The first-order valence-corrected chi connectivity index (χ1v) is 12.5. The van der Waals surface area contributed by atoms with Crippen LogP contribution in [-0.4, -0.2) is 59.6 Å². The van der Waals surface area contributed by atoms with Crippen LogP contribution in [0.25, 0.3) is 6.08 Å². The second-order valence-electron chi connectivity index (χ2n) is 6.70. The van der Waals surface area contributed by atoms with Crippen molar-refractivity contribution in [3.8, 4) is 0 Å². The Labute approximate surface area is 176 Å². The van der Waals surface area contributed by atoms with Crippen LogP contribution in [0.15, 0.2) is 64.4 Å². The molecule has 2 aromatic carbocycles. The quantitative estimate of drug-likeness (QED) is 0.672. The molecule has 8 nitrogen and oxygen atoms in total. The number of carbonyl (C=O) groups excluding carboxylic acids is 1. The fourth-order valence-electron chi connectivity index (χ4n) is 2.83. The zero-order valence-electron chi connectivity index (χ0n) is 16.3. The lowest BCUT2D eigenvalue weighted by molar-refractivity contribution is -0.111. The molecule has 1 saturated heterocycles. The number of ether oxygens (including phenoxy) is 1. The molecule has 2 aromatic rings. The normalized spacial score (nSPS) is 15.9. The highest BCUT2D eigenvalue weighted by Crippen LogP contribution is 2.19. The molecular weight excluding hydrogens is 428 g/mol. The number of sulfone groups is 1. The topological polar surface area (TPSA) is 110 Å². The lowest BCUT2D eigenvalue weighted by Gasteiger charge is -2.26. The predicted molar refractivity (Wildman–Crippen MR) is 113 cm³/mol. The van der Waals surface area contributed by atoms with Crippen LogP contribution in [0.3, 0.4) is 0 Å². The summed E-state index contributed by atoms with van der Waals surface area (Å²) in [6, 6.07) is 12.1. The highest BCUT2D eigenvalue weighted by atomic mass is 32.2. The standard InChI is InChI=1S/C20H22N2O6S2/c1-29(24,25)18-7-2-16(3-8-18)4-11-20(23)21-17-5-9-19(10-6-17)30(26,27)22-12-14-28-15-13-22/h2-11H,12-15H2,1H3,(H,21,23). The van der Waals surface area contributed by atoms with Crippen LogP contribution in [0.4, 0.5) is 5.69 Å². The van der Waals surface area contributed by atoms with Crippen molar-refractivity contribution < 1.29 is 26.4 Å². The lowest BCUT2D eigenvalue weighted by atomic mass is 10.2. The van der Waals surface area contributed by atoms with Crippen LogP contribution in [0.1, 0.15) is 5.56 Å². The van der Waals surface area contributed by atoms with E-state index >= 15 is 0 Å². The zero-order valence-corrected chi connectivity index (χ0v) is 17.9. The molecule has 1 fully saturated rings. The Kier molecular flexibility index (Phi) is 6.71. The van der Waals surface area contributed by atoms with Crippen molar-refractivity contribution in [2.24, 2.45) is 0 Å². The van der Waals surface area contributed by atoms with Crippen molar-refractivity contribution in [1.29, 1.82) is 0 Å². The highest BCUT2D eigenvalue weighted by Gasteiger charge is 2.26. The summed E-state index contributed by atoms with van der Waals surface area (Å²) in [5.74, 6) is -0.397. The van der Waals surface area contributed by atoms with Crippen molar-refractivity contribution in [2.75, 3.05) is 37.9 Å². The molecule has 0 spiro atoms. The van der Waals surface area contributed by atoms with Gasteiger partial charge in [0.15, 0.2) is 9.84 Å². The summed E-state index contributed by atoms with van der Waals surface area (Å²) >= 11 is 0. The van der Waals surface area contributed by atoms with Crippen LogP contribution < -0.4 is 5.32 Å². The predicted octanol–water partition coefficient (Wildman–Crippen LogP) is 1.76. The van der Waals surface area contributed by atoms with Crippen LogP contribution in [0.2, 0.25) is 0 Å². The average Bonchev–Trinajstić information content (AvgIpc) is 2.73. The molecule has 0 aromatic heterocycles. The second kappa shape index (κ2) is 9.09. The summed E-state index contributed by atoms with van der Waals surface area (Å²) in [5, 5.41) is 2.66. The van der Waals surface area contributed by atoms with E-state index in [1.165, 1.54) is 46.8 Å². The molecule has 0 atom stereocenters. The number of hydrogen-bond acceptors (Lipinski definition) is 6. The minimum absolute atomic E-state index is 0.156. The minimum Gasteiger partial charge on any atom is -0.379 e. The molecule has 10 heteroatoms. The number of nitrogens with zero attached hydrogens (tertiary/aromatic N) is 1. The van der Waals surface area contributed by atoms with E-state index < -0.39 is 25.8 Å². The van der Waals surface area contributed by atoms with E-state index in [-0.39, 0.29) is 9.79 Å². The summed E-state index contributed by atoms with van der Waals surface area (Å²) in [6.07, 6.45) is 4.00. The number of carbonyl (C=O) groups is 1. The van der Waals surface area contributed by atoms with Gasteiger partial charge >= 0.3 is 0 Å². The number of morpholine rings is 1. The Bertz CT molecular complexity index is 1130. The lowest BCUT2D eigenvalue weighted by Crippen LogP contribution is -2.40. The van der Waals surface area contributed by atoms with Gasteiger partial charge in [-0.2, -0.15) is 4.31 Å². The van der Waals surface area contributed by atoms with E-state index in [0.717, 1.165) is 6.26 Å². The largest absolute Gasteiger partial charge is 0.379 e. The third kappa shape index (κ3) is 5.54. The molecule has 0 radical (unpaired) electrons. The molecular formula is C20H22N2O6S2. The van der Waals surface area contributed by atoms with Crippen molar-refractivity contribution >= 4 is 37.5 Å². The number of amides is 1. The van der Waals surface area contributed by atoms with Crippen molar-refractivity contribution in [1.82, 2.24) is 4.31 Å². The Balaban J connectivity index is 1.62. The fourth-order valence-corrected chi connectivity index (χ4v) is 4.87. The Morgan fingerprint density at radius 2 is 1.50 bits per heavy atom. The van der Waals surface area contributed by atoms with Gasteiger partial charge in [0.05, 0.1) is 23.0 Å². The first-order valence-electron chi connectivity index (χ1n) is 9.13. The Hall–Kier alpha value is -2.53. The monoisotopic (exact) mass is 450 g/mol. The van der Waals surface area contributed by atoms with E-state index in [4.69, 9.17) is 4.74 Å². The molecule has 0 saturated carbocycles. The van der Waals surface area contributed by atoms with E-state index in [2.05, 4.69) is 5.32 Å². The SMILES string of the molecule is CS(=O)(=O)c1ccc(C=CC(=O)Nc2ccc(S(=O)(=O)N3CCOCC3)cc2)cc1. The van der Waals surface area contributed by atoms with Crippen molar-refractivity contribution in [3.63, 3.8) is 0 Å². The van der Waals surface area contributed by atoms with E-state index in [1.54, 1.807) is 18.2 Å². The first kappa shape index (κ1) is 22.2. The van der Waals surface area contributed by atoms with Gasteiger partial charge in [0, 0.05) is 31.1 Å². The molecule has 1 heterocycles. The summed E-state index contributed by atoms with van der Waals surface area (Å²) in [6.45, 7) is 1.38. The van der Waals surface area contributed by atoms with E-state index in [9.17, 15) is 21.6 Å². The van der Waals surface area contributed by atoms with Gasteiger partial charge < -0.3 is 10.1 Å². The van der Waals surface area contributed by atoms with Crippen LogP contribution in [0, 0.1) is 0 Å². The minimum atomic E-state index is -3.58. The van der Waals surface area contributed by atoms with Crippen LogP contribution in [-0.2, 0) is 29.4 Å². The number of rotatable bonds is 6. The molecule has 1 aliphatic heterocycles. The van der Waals surface area contributed by atoms with Gasteiger partial charge in [0.25, 0.3) is 0 Å². The van der Waals surface area contributed by atoms with Crippen LogP contribution in [0.5, 0.6) is 0 Å². The molecule has 30 heavy (non-hydrogen) atoms. The van der Waals surface area contributed by atoms with Gasteiger partial charge in [-0.1, -0.05) is 12.1 Å². The summed E-state index contributed by atoms with van der Waals surface area (Å²) in [5.41, 5.74) is 1.13. The van der Waals surface area contributed by atoms with Crippen molar-refractivity contribution in [2.45, 2.75) is 9.79 Å². The van der Waals surface area contributed by atoms with Gasteiger partial charge in [-0.25, -0.2) is 16.8 Å². The molecule has 1 amide bonds. The molecule has 3 rings (SSSR count). The summed E-state index contributed by atoms with van der Waals surface area (Å²) in [4.78, 5) is 12.5. The molecule has 0 bridgehead atoms. The summed E-state index contributed by atoms with van der Waals surface area (Å²) < 4.78 is 54.7. The summed E-state index contributed by atoms with van der Waals surface area (Å²) in [7, 11) is -6.85. The molecule has 1 aliphatic rings. The van der Waals surface area contributed by atoms with E-state index in [0.29, 0.717) is 37.6 Å². The average molecular weight is 451 g/mol. The van der Waals surface area contributed by atoms with Gasteiger partial charge in [0.2, 0.25) is 15.9 Å². The van der Waals surface area contributed by atoms with Gasteiger partial charge in [0.1, 0.15) is 0 Å². The maximum Gasteiger partial charge on any atom is 0.248 e. The highest BCUT2D eigenvalue weighted by molar-refractivity contribution is 7.90. The number of nitrogens with one attached hydrogen (secondary N) is 1. The number of hydrogen-bond donors (Lipinski definition) is 1. The van der Waals surface area contributed by atoms with Crippen molar-refractivity contribution in [3.05, 3.63) is 60.2 Å². The van der Waals surface area contributed by atoms with E-state index in [1.807, 2.05) is 0 Å². The van der Waals surface area contributed by atoms with Gasteiger partial charge in [-0.05, 0) is 48.0 Å². The van der Waals surface area contributed by atoms with Crippen LogP contribution >= 0.6 is 0 Å². The maximum atomic E-state index is 12.6. The smallest absolute Gasteiger partial charge is 0.248 e. The Morgan fingerprint density at radius 1 is 0.933 bits per heavy atom. The van der Waals surface area contributed by atoms with Gasteiger partial charge in [-0.15, -0.1) is 0 Å². The maximum absolute atomic E-state index is 12.6. The molecule has 0 aliphatic carbocycles. The zero-order chi connectivity index (χ0) is 21.8. The number of sulfonamides is 1. The Morgan fingerprint density at radius 3 is 2.07 bits per heavy atom.